The number of carbonyl (C=O) groups excluding carboxylic acids is 1. The standard InChI is InChI=1S/C30H59N4O6P/c1-4-7-9-11-13-15-17-19-21-29(40-30(35)22-20-18-16-14-12-10-8-5-2)28(33-34-32)23-26-38-41(36,37-25-6-3)39-27-24-31/h6,28-29H,3-5,7-27,31H2,1-2H3/t28-,29?,41?/m0/s1. The minimum absolute atomic E-state index is 0.00558. The summed E-state index contributed by atoms with van der Waals surface area (Å²) in [5, 5.41) is 3.93. The van der Waals surface area contributed by atoms with E-state index in [2.05, 4.69) is 30.5 Å². The van der Waals surface area contributed by atoms with Gasteiger partial charge in [0, 0.05) is 17.9 Å². The number of hydrogen-bond donors (Lipinski definition) is 1. The molecule has 0 radical (unpaired) electrons. The van der Waals surface area contributed by atoms with Gasteiger partial charge in [-0.25, -0.2) is 4.57 Å². The van der Waals surface area contributed by atoms with Gasteiger partial charge in [-0.2, -0.15) is 0 Å². The van der Waals surface area contributed by atoms with E-state index in [1.807, 2.05) is 0 Å². The lowest BCUT2D eigenvalue weighted by atomic mass is 10.0. The predicted molar refractivity (Wildman–Crippen MR) is 167 cm³/mol. The Kier molecular flexibility index (Phi) is 27.7. The van der Waals surface area contributed by atoms with Crippen molar-refractivity contribution in [2.45, 2.75) is 148 Å². The molecule has 0 fully saturated rings. The summed E-state index contributed by atoms with van der Waals surface area (Å²) in [6, 6.07) is -0.658. The molecule has 10 nitrogen and oxygen atoms in total. The fourth-order valence-electron chi connectivity index (χ4n) is 4.53. The maximum absolute atomic E-state index is 12.8. The van der Waals surface area contributed by atoms with Crippen molar-refractivity contribution in [3.63, 3.8) is 0 Å². The van der Waals surface area contributed by atoms with Crippen LogP contribution < -0.4 is 5.73 Å². The van der Waals surface area contributed by atoms with E-state index in [9.17, 15) is 14.9 Å². The number of ether oxygens (including phenoxy) is 1. The van der Waals surface area contributed by atoms with Crippen molar-refractivity contribution in [1.82, 2.24) is 0 Å². The summed E-state index contributed by atoms with van der Waals surface area (Å²) in [4.78, 5) is 15.7. The highest BCUT2D eigenvalue weighted by Crippen LogP contribution is 2.49. The first-order chi connectivity index (χ1) is 20.0. The Labute approximate surface area is 249 Å². The van der Waals surface area contributed by atoms with Gasteiger partial charge in [0.25, 0.3) is 0 Å². The first-order valence-electron chi connectivity index (χ1n) is 16.0. The number of rotatable bonds is 31. The lowest BCUT2D eigenvalue weighted by Gasteiger charge is -2.25. The van der Waals surface area contributed by atoms with Crippen molar-refractivity contribution in [3.05, 3.63) is 23.1 Å². The normalized spacial score (nSPS) is 14.1. The molecule has 0 aliphatic carbocycles. The van der Waals surface area contributed by atoms with Crippen LogP contribution in [0.15, 0.2) is 17.8 Å². The summed E-state index contributed by atoms with van der Waals surface area (Å²) in [6.07, 6.45) is 20.4. The number of nitrogens with zero attached hydrogens (tertiary/aromatic N) is 3. The summed E-state index contributed by atoms with van der Waals surface area (Å²) in [5.41, 5.74) is 14.7. The second kappa shape index (κ2) is 28.7. The molecule has 2 unspecified atom stereocenters. The van der Waals surface area contributed by atoms with Gasteiger partial charge in [-0.05, 0) is 31.2 Å². The van der Waals surface area contributed by atoms with Crippen LogP contribution in [0.4, 0.5) is 0 Å². The maximum Gasteiger partial charge on any atom is 0.475 e. The third-order valence-electron chi connectivity index (χ3n) is 6.87. The third-order valence-corrected chi connectivity index (χ3v) is 8.33. The number of esters is 1. The molecule has 0 saturated carbocycles. The van der Waals surface area contributed by atoms with Crippen LogP contribution >= 0.6 is 7.82 Å². The van der Waals surface area contributed by atoms with Crippen LogP contribution in [0, 0.1) is 0 Å². The molecule has 2 N–H and O–H groups in total. The van der Waals surface area contributed by atoms with Gasteiger partial charge in [0.2, 0.25) is 0 Å². The van der Waals surface area contributed by atoms with Crippen LogP contribution in [0.5, 0.6) is 0 Å². The second-order valence-corrected chi connectivity index (χ2v) is 12.2. The van der Waals surface area contributed by atoms with Crippen molar-refractivity contribution >= 4 is 13.8 Å². The molecule has 0 bridgehead atoms. The van der Waals surface area contributed by atoms with Gasteiger partial charge in [0.05, 0.1) is 25.9 Å². The first kappa shape index (κ1) is 39.6. The Morgan fingerprint density at radius 3 is 1.93 bits per heavy atom. The van der Waals surface area contributed by atoms with Crippen molar-refractivity contribution in [3.8, 4) is 0 Å². The molecule has 0 aliphatic heterocycles. The van der Waals surface area contributed by atoms with Crippen LogP contribution in [0.25, 0.3) is 10.4 Å². The highest BCUT2D eigenvalue weighted by molar-refractivity contribution is 7.48. The SMILES string of the molecule is C=CCOP(=O)(OCCN)OCC[C@H](N=[N+]=[N-])C(CCCCCCCCCC)OC(=O)CCCCCCCCCC. The van der Waals surface area contributed by atoms with Gasteiger partial charge in [0.15, 0.2) is 0 Å². The van der Waals surface area contributed by atoms with Crippen LogP contribution in [-0.2, 0) is 27.7 Å². The second-order valence-electron chi connectivity index (χ2n) is 10.6. The molecule has 0 saturated heterocycles. The van der Waals surface area contributed by atoms with E-state index in [1.54, 1.807) is 0 Å². The fourth-order valence-corrected chi connectivity index (χ4v) is 5.70. The predicted octanol–water partition coefficient (Wildman–Crippen LogP) is 9.33. The van der Waals surface area contributed by atoms with Gasteiger partial charge < -0.3 is 10.5 Å². The van der Waals surface area contributed by atoms with Crippen LogP contribution in [0.3, 0.4) is 0 Å². The van der Waals surface area contributed by atoms with Crippen molar-refractivity contribution in [2.75, 3.05) is 26.4 Å². The fraction of sp³-hybridized carbons (Fsp3) is 0.900. The zero-order valence-corrected chi connectivity index (χ0v) is 26.9. The van der Waals surface area contributed by atoms with Gasteiger partial charge in [-0.1, -0.05) is 115 Å². The lowest BCUT2D eigenvalue weighted by molar-refractivity contribution is -0.151. The van der Waals surface area contributed by atoms with E-state index in [4.69, 9.17) is 24.0 Å². The summed E-state index contributed by atoms with van der Waals surface area (Å²) < 4.78 is 34.6. The number of azide groups is 1. The average Bonchev–Trinajstić information content (AvgIpc) is 2.97. The Hall–Kier alpha value is -1.41. The van der Waals surface area contributed by atoms with E-state index in [-0.39, 0.29) is 38.8 Å². The van der Waals surface area contributed by atoms with E-state index in [0.717, 1.165) is 38.5 Å². The third kappa shape index (κ3) is 23.8. The molecule has 0 heterocycles. The molecule has 0 aromatic carbocycles. The molecule has 0 spiro atoms. The molecule has 0 aromatic rings. The van der Waals surface area contributed by atoms with Crippen LogP contribution in [-0.4, -0.2) is 44.5 Å². The molecule has 41 heavy (non-hydrogen) atoms. The average molecular weight is 603 g/mol. The zero-order chi connectivity index (χ0) is 30.4. The Morgan fingerprint density at radius 1 is 0.854 bits per heavy atom. The lowest BCUT2D eigenvalue weighted by Crippen LogP contribution is -2.31. The van der Waals surface area contributed by atoms with Gasteiger partial charge in [-0.15, -0.1) is 6.58 Å². The monoisotopic (exact) mass is 602 g/mol. The Bertz CT molecular complexity index is 736. The number of carbonyl (C=O) groups is 1. The molecule has 0 amide bonds. The highest BCUT2D eigenvalue weighted by Gasteiger charge is 2.29. The molecule has 240 valence electrons. The summed E-state index contributed by atoms with van der Waals surface area (Å²) in [6.45, 7) is 8.05. The van der Waals surface area contributed by atoms with E-state index >= 15 is 0 Å². The van der Waals surface area contributed by atoms with Crippen molar-refractivity contribution in [2.24, 2.45) is 10.8 Å². The number of phosphoric acid groups is 1. The smallest absolute Gasteiger partial charge is 0.462 e. The topological polar surface area (TPSA) is 146 Å². The molecule has 11 heteroatoms. The highest BCUT2D eigenvalue weighted by atomic mass is 31.2. The van der Waals surface area contributed by atoms with Crippen molar-refractivity contribution in [1.29, 1.82) is 0 Å². The number of phosphoric ester groups is 1. The first-order valence-corrected chi connectivity index (χ1v) is 17.5. The molecule has 0 rings (SSSR count). The Morgan fingerprint density at radius 2 is 1.39 bits per heavy atom. The molecule has 0 aliphatic rings. The van der Waals surface area contributed by atoms with E-state index < -0.39 is 20.0 Å². The van der Waals surface area contributed by atoms with Gasteiger partial charge in [0.1, 0.15) is 6.10 Å². The summed E-state index contributed by atoms with van der Waals surface area (Å²) in [5.74, 6) is -0.272. The van der Waals surface area contributed by atoms with Gasteiger partial charge >= 0.3 is 13.8 Å². The number of nitrogens with two attached hydrogens (primary N) is 1. The number of hydrogen-bond acceptors (Lipinski definition) is 8. The van der Waals surface area contributed by atoms with E-state index in [1.165, 1.54) is 70.3 Å². The summed E-state index contributed by atoms with van der Waals surface area (Å²) in [7, 11) is -3.85. The summed E-state index contributed by atoms with van der Waals surface area (Å²) >= 11 is 0. The van der Waals surface area contributed by atoms with Crippen LogP contribution in [0.1, 0.15) is 136 Å². The maximum atomic E-state index is 12.8. The zero-order valence-electron chi connectivity index (χ0n) is 26.0. The molecular formula is C30H59N4O6P. The Balaban J connectivity index is 5.00. The molecule has 0 aromatic heterocycles. The molecular weight excluding hydrogens is 543 g/mol. The van der Waals surface area contributed by atoms with E-state index in [0.29, 0.717) is 12.8 Å². The van der Waals surface area contributed by atoms with Gasteiger partial charge in [-0.3, -0.25) is 18.4 Å². The van der Waals surface area contributed by atoms with Crippen molar-refractivity contribution < 1.29 is 27.7 Å². The minimum Gasteiger partial charge on any atom is -0.462 e. The largest absolute Gasteiger partial charge is 0.475 e. The number of unbranched alkanes of at least 4 members (excludes halogenated alkanes) is 14. The molecule has 3 atom stereocenters. The quantitative estimate of drug-likeness (QED) is 0.0158. The van der Waals surface area contributed by atoms with Crippen LogP contribution in [0.2, 0.25) is 0 Å². The minimum atomic E-state index is -3.85.